The molecular weight excluding hydrogens is 323 g/mol. The highest BCUT2D eigenvalue weighted by Crippen LogP contribution is 2.15. The smallest absolute Gasteiger partial charge is 0.356 e. The Bertz CT molecular complexity index is 544. The van der Waals surface area contributed by atoms with Crippen LogP contribution in [0.4, 0.5) is 18.9 Å². The summed E-state index contributed by atoms with van der Waals surface area (Å²) in [5.41, 5.74) is 1.44. The molecule has 8 heteroatoms. The number of alkyl halides is 3. The molecule has 1 rings (SSSR count). The highest BCUT2D eigenvalue weighted by atomic mass is 19.4. The van der Waals surface area contributed by atoms with Crippen LogP contribution in [-0.4, -0.2) is 49.6 Å². The van der Waals surface area contributed by atoms with E-state index in [1.807, 2.05) is 0 Å². The van der Waals surface area contributed by atoms with E-state index in [4.69, 9.17) is 0 Å². The molecule has 0 aromatic heterocycles. The average molecular weight is 345 g/mol. The van der Waals surface area contributed by atoms with E-state index in [2.05, 4.69) is 10.6 Å². The Hall–Kier alpha value is -2.09. The molecule has 0 spiro atoms. The Kier molecular flexibility index (Phi) is 7.70. The molecule has 0 atom stereocenters. The third-order valence-corrected chi connectivity index (χ3v) is 3.13. The number of rotatable bonds is 8. The van der Waals surface area contributed by atoms with E-state index < -0.39 is 12.7 Å². The van der Waals surface area contributed by atoms with Gasteiger partial charge < -0.3 is 10.6 Å². The molecule has 1 aromatic rings. The van der Waals surface area contributed by atoms with Gasteiger partial charge >= 0.3 is 6.18 Å². The van der Waals surface area contributed by atoms with Gasteiger partial charge in [-0.25, -0.2) is 0 Å². The van der Waals surface area contributed by atoms with Crippen LogP contribution in [0.1, 0.15) is 18.9 Å². The first-order valence-electron chi connectivity index (χ1n) is 7.54. The van der Waals surface area contributed by atoms with Crippen LogP contribution in [0.25, 0.3) is 0 Å². The monoisotopic (exact) mass is 345 g/mol. The summed E-state index contributed by atoms with van der Waals surface area (Å²) in [7, 11) is 1.39. The van der Waals surface area contributed by atoms with E-state index in [1.165, 1.54) is 18.9 Å². The maximum Gasteiger partial charge on any atom is 0.401 e. The third-order valence-electron chi connectivity index (χ3n) is 3.13. The zero-order valence-electron chi connectivity index (χ0n) is 13.7. The molecule has 24 heavy (non-hydrogen) atoms. The van der Waals surface area contributed by atoms with Crippen LogP contribution in [0, 0.1) is 0 Å². The molecule has 0 fully saturated rings. The lowest BCUT2D eigenvalue weighted by Gasteiger charge is -2.18. The van der Waals surface area contributed by atoms with E-state index in [0.29, 0.717) is 18.7 Å². The van der Waals surface area contributed by atoms with Gasteiger partial charge in [-0.15, -0.1) is 0 Å². The first-order chi connectivity index (χ1) is 11.2. The summed E-state index contributed by atoms with van der Waals surface area (Å²) in [6, 6.07) is 6.89. The molecule has 134 valence electrons. The van der Waals surface area contributed by atoms with Crippen LogP contribution in [0.3, 0.4) is 0 Å². The van der Waals surface area contributed by atoms with Crippen LogP contribution in [-0.2, 0) is 16.0 Å². The van der Waals surface area contributed by atoms with Gasteiger partial charge in [0.05, 0.1) is 13.0 Å². The van der Waals surface area contributed by atoms with Crippen LogP contribution >= 0.6 is 0 Å². The molecule has 0 aliphatic heterocycles. The largest absolute Gasteiger partial charge is 0.401 e. The zero-order valence-corrected chi connectivity index (χ0v) is 13.7. The number of hydrogen-bond acceptors (Lipinski definition) is 3. The van der Waals surface area contributed by atoms with Crippen LogP contribution in [0.2, 0.25) is 0 Å². The Morgan fingerprint density at radius 3 is 2.33 bits per heavy atom. The van der Waals surface area contributed by atoms with Crippen molar-refractivity contribution < 1.29 is 22.8 Å². The van der Waals surface area contributed by atoms with Gasteiger partial charge in [-0.05, 0) is 37.7 Å². The summed E-state index contributed by atoms with van der Waals surface area (Å²) in [6.45, 7) is 1.03. The van der Waals surface area contributed by atoms with Crippen LogP contribution in [0.15, 0.2) is 24.3 Å². The number of hydrogen-bond donors (Lipinski definition) is 2. The predicted molar refractivity (Wildman–Crippen MR) is 85.6 cm³/mol. The maximum absolute atomic E-state index is 12.1. The van der Waals surface area contributed by atoms with Gasteiger partial charge in [0.25, 0.3) is 0 Å². The molecule has 0 unspecified atom stereocenters. The molecule has 5 nitrogen and oxygen atoms in total. The molecule has 2 amide bonds. The molecule has 0 radical (unpaired) electrons. The van der Waals surface area contributed by atoms with Gasteiger partial charge in [0.1, 0.15) is 0 Å². The average Bonchev–Trinajstić information content (AvgIpc) is 2.43. The van der Waals surface area contributed by atoms with E-state index in [1.54, 1.807) is 24.3 Å². The van der Waals surface area contributed by atoms with Crippen molar-refractivity contribution in [2.24, 2.45) is 0 Å². The summed E-state index contributed by atoms with van der Waals surface area (Å²) >= 11 is 0. The van der Waals surface area contributed by atoms with Crippen molar-refractivity contribution in [1.82, 2.24) is 10.2 Å². The van der Waals surface area contributed by atoms with Crippen molar-refractivity contribution >= 4 is 17.5 Å². The van der Waals surface area contributed by atoms with Crippen molar-refractivity contribution in [2.75, 3.05) is 32.0 Å². The fourth-order valence-corrected chi connectivity index (χ4v) is 2.12. The quantitative estimate of drug-likeness (QED) is 0.710. The molecule has 0 aliphatic rings. The minimum atomic E-state index is -4.21. The first kappa shape index (κ1) is 20.0. The summed E-state index contributed by atoms with van der Waals surface area (Å²) in [4.78, 5) is 23.9. The lowest BCUT2D eigenvalue weighted by molar-refractivity contribution is -0.143. The Morgan fingerprint density at radius 1 is 1.17 bits per heavy atom. The van der Waals surface area contributed by atoms with Crippen molar-refractivity contribution in [1.29, 1.82) is 0 Å². The molecule has 0 bridgehead atoms. The molecule has 0 aliphatic carbocycles. The lowest BCUT2D eigenvalue weighted by Crippen LogP contribution is -2.34. The Balaban J connectivity index is 2.25. The number of nitrogens with one attached hydrogen (secondary N) is 2. The molecule has 2 N–H and O–H groups in total. The van der Waals surface area contributed by atoms with Gasteiger partial charge in [-0.3, -0.25) is 14.5 Å². The van der Waals surface area contributed by atoms with Crippen LogP contribution < -0.4 is 10.6 Å². The van der Waals surface area contributed by atoms with Crippen molar-refractivity contribution in [3.63, 3.8) is 0 Å². The molecule has 0 heterocycles. The zero-order chi connectivity index (χ0) is 18.2. The second kappa shape index (κ2) is 9.27. The lowest BCUT2D eigenvalue weighted by atomic mass is 10.1. The normalized spacial score (nSPS) is 11.4. The number of nitrogens with zero attached hydrogens (tertiary/aromatic N) is 1. The minimum absolute atomic E-state index is 0.170. The second-order valence-electron chi connectivity index (χ2n) is 5.61. The summed E-state index contributed by atoms with van der Waals surface area (Å²) < 4.78 is 36.4. The number of anilines is 1. The van der Waals surface area contributed by atoms with E-state index in [-0.39, 0.29) is 24.8 Å². The van der Waals surface area contributed by atoms with Gasteiger partial charge in [-0.1, -0.05) is 12.1 Å². The fourth-order valence-electron chi connectivity index (χ4n) is 2.12. The highest BCUT2D eigenvalue weighted by molar-refractivity contribution is 5.88. The van der Waals surface area contributed by atoms with Crippen molar-refractivity contribution in [3.8, 4) is 0 Å². The summed E-state index contributed by atoms with van der Waals surface area (Å²) in [5, 5.41) is 5.31. The minimum Gasteiger partial charge on any atom is -0.356 e. The first-order valence-corrected chi connectivity index (χ1v) is 7.54. The van der Waals surface area contributed by atoms with Gasteiger partial charge in [-0.2, -0.15) is 13.2 Å². The fraction of sp³-hybridized carbons (Fsp3) is 0.500. The topological polar surface area (TPSA) is 61.4 Å². The summed E-state index contributed by atoms with van der Waals surface area (Å²) in [6.07, 6.45) is -3.58. The molecule has 0 saturated carbocycles. The van der Waals surface area contributed by atoms with E-state index >= 15 is 0 Å². The number of carbonyl (C=O) groups excluding carboxylic acids is 2. The van der Waals surface area contributed by atoms with Gasteiger partial charge in [0.2, 0.25) is 11.8 Å². The number of halogens is 3. The van der Waals surface area contributed by atoms with Gasteiger partial charge in [0, 0.05) is 19.2 Å². The third kappa shape index (κ3) is 9.14. The maximum atomic E-state index is 12.1. The number of carbonyl (C=O) groups is 2. The number of benzene rings is 1. The van der Waals surface area contributed by atoms with Gasteiger partial charge in [0.15, 0.2) is 0 Å². The molecule has 0 saturated heterocycles. The predicted octanol–water partition coefficient (Wildman–Crippen LogP) is 2.19. The highest BCUT2D eigenvalue weighted by Gasteiger charge is 2.28. The van der Waals surface area contributed by atoms with Crippen LogP contribution in [0.5, 0.6) is 0 Å². The van der Waals surface area contributed by atoms with E-state index in [9.17, 15) is 22.8 Å². The van der Waals surface area contributed by atoms with E-state index in [0.717, 1.165) is 5.56 Å². The standard InChI is InChI=1S/C16H22F3N3O2/c1-12(23)21-14-6-4-13(5-7-14)10-15(24)20-8-3-9-22(2)11-16(17,18)19/h4-7H,3,8-11H2,1-2H3,(H,20,24)(H,21,23). The Morgan fingerprint density at radius 2 is 1.79 bits per heavy atom. The molecular formula is C16H22F3N3O2. The molecule has 1 aromatic carbocycles. The SMILES string of the molecule is CC(=O)Nc1ccc(CC(=O)NCCCN(C)CC(F)(F)F)cc1. The van der Waals surface area contributed by atoms with Crippen molar-refractivity contribution in [3.05, 3.63) is 29.8 Å². The van der Waals surface area contributed by atoms with Crippen molar-refractivity contribution in [2.45, 2.75) is 25.9 Å². The second-order valence-corrected chi connectivity index (χ2v) is 5.61. The summed E-state index contributed by atoms with van der Waals surface area (Å²) in [5.74, 6) is -0.364. The Labute approximate surface area is 139 Å². The number of amides is 2.